The molecule has 1 saturated heterocycles. The second-order valence-corrected chi connectivity index (χ2v) is 10.8. The zero-order valence-corrected chi connectivity index (χ0v) is 23.6. The van der Waals surface area contributed by atoms with Crippen molar-refractivity contribution in [3.63, 3.8) is 0 Å². The molecule has 9 heteroatoms. The molecule has 0 bridgehead atoms. The molecule has 1 aliphatic heterocycles. The second-order valence-electron chi connectivity index (χ2n) is 9.93. The quantitative estimate of drug-likeness (QED) is 0.230. The summed E-state index contributed by atoms with van der Waals surface area (Å²) in [7, 11) is 0. The number of nitrogens with zero attached hydrogens (tertiary/aromatic N) is 4. The Labute approximate surface area is 238 Å². The highest BCUT2D eigenvalue weighted by atomic mass is 35.5. The Morgan fingerprint density at radius 3 is 2.74 bits per heavy atom. The average Bonchev–Trinajstić information content (AvgIpc) is 2.93. The fourth-order valence-corrected chi connectivity index (χ4v) is 5.30. The van der Waals surface area contributed by atoms with Crippen LogP contribution in [0.4, 0.5) is 5.69 Å². The number of piperazine rings is 1. The minimum absolute atomic E-state index is 0.0150. The zero-order valence-electron chi connectivity index (χ0n) is 22.1. The molecular formula is C30H32Cl2N6O. The lowest BCUT2D eigenvalue weighted by atomic mass is 10.1. The number of guanidine groups is 1. The second kappa shape index (κ2) is 12.2. The van der Waals surface area contributed by atoms with Crippen molar-refractivity contribution < 1.29 is 0 Å². The van der Waals surface area contributed by atoms with E-state index in [1.165, 1.54) is 0 Å². The first-order chi connectivity index (χ1) is 18.9. The number of aryl methyl sites for hydroxylation is 2. The normalized spacial score (nSPS) is 16.9. The van der Waals surface area contributed by atoms with E-state index >= 15 is 0 Å². The van der Waals surface area contributed by atoms with Gasteiger partial charge in [0.2, 0.25) is 0 Å². The molecule has 4 aromatic rings. The highest BCUT2D eigenvalue weighted by Crippen LogP contribution is 2.22. The minimum Gasteiger partial charge on any atom is -0.340 e. The van der Waals surface area contributed by atoms with Crippen molar-refractivity contribution in [2.45, 2.75) is 38.9 Å². The van der Waals surface area contributed by atoms with E-state index in [0.29, 0.717) is 40.0 Å². The van der Waals surface area contributed by atoms with Crippen LogP contribution in [0.1, 0.15) is 31.0 Å². The van der Waals surface area contributed by atoms with Crippen LogP contribution in [0.15, 0.2) is 82.8 Å². The van der Waals surface area contributed by atoms with E-state index in [1.54, 1.807) is 23.0 Å². The number of anilines is 1. The van der Waals surface area contributed by atoms with E-state index in [-0.39, 0.29) is 11.6 Å². The average molecular weight is 564 g/mol. The molecule has 7 nitrogen and oxygen atoms in total. The number of rotatable bonds is 6. The Balaban J connectivity index is 1.38. The van der Waals surface area contributed by atoms with E-state index in [9.17, 15) is 4.79 Å². The SMILES string of the molecule is C[C@@H]1CN(C(=N[C@@H](C)c2ccccc2)Nc2ccc3c(=O)n(CCc4ccc(Cl)cc4Cl)cnc3c2)CCN1. The highest BCUT2D eigenvalue weighted by Gasteiger charge is 2.20. The van der Waals surface area contributed by atoms with Crippen molar-refractivity contribution in [2.24, 2.45) is 4.99 Å². The van der Waals surface area contributed by atoms with Crippen LogP contribution in [-0.2, 0) is 13.0 Å². The number of fused-ring (bicyclic) bond motifs is 1. The van der Waals surface area contributed by atoms with Crippen LogP contribution in [0, 0.1) is 0 Å². The monoisotopic (exact) mass is 562 g/mol. The van der Waals surface area contributed by atoms with E-state index in [0.717, 1.165) is 42.4 Å². The highest BCUT2D eigenvalue weighted by molar-refractivity contribution is 6.35. The summed E-state index contributed by atoms with van der Waals surface area (Å²) in [6, 6.07) is 21.7. The van der Waals surface area contributed by atoms with Gasteiger partial charge in [0.15, 0.2) is 5.96 Å². The van der Waals surface area contributed by atoms with Crippen LogP contribution < -0.4 is 16.2 Å². The number of hydrogen-bond acceptors (Lipinski definition) is 4. The van der Waals surface area contributed by atoms with Gasteiger partial charge in [0.1, 0.15) is 0 Å². The number of aromatic nitrogens is 2. The van der Waals surface area contributed by atoms with Crippen LogP contribution >= 0.6 is 23.2 Å². The zero-order chi connectivity index (χ0) is 27.4. The number of benzene rings is 3. The Morgan fingerprint density at radius 1 is 1.15 bits per heavy atom. The summed E-state index contributed by atoms with van der Waals surface area (Å²) in [4.78, 5) is 25.2. The van der Waals surface area contributed by atoms with Crippen molar-refractivity contribution in [3.8, 4) is 0 Å². The van der Waals surface area contributed by atoms with Crippen molar-refractivity contribution in [1.82, 2.24) is 19.8 Å². The Bertz CT molecular complexity index is 1540. The van der Waals surface area contributed by atoms with Gasteiger partial charge in [-0.25, -0.2) is 9.98 Å². The Kier molecular flexibility index (Phi) is 8.50. The third kappa shape index (κ3) is 6.61. The van der Waals surface area contributed by atoms with Crippen molar-refractivity contribution in [1.29, 1.82) is 0 Å². The fourth-order valence-electron chi connectivity index (χ4n) is 4.80. The maximum Gasteiger partial charge on any atom is 0.261 e. The van der Waals surface area contributed by atoms with E-state index < -0.39 is 0 Å². The summed E-state index contributed by atoms with van der Waals surface area (Å²) in [5.41, 5.74) is 3.48. The molecule has 0 unspecified atom stereocenters. The largest absolute Gasteiger partial charge is 0.340 e. The standard InChI is InChI=1S/C30H32Cl2N6O/c1-20-18-37(15-13-33-20)30(35-21(2)22-6-4-3-5-7-22)36-25-10-11-26-28(17-25)34-19-38(29(26)39)14-12-23-8-9-24(31)16-27(23)32/h3-11,16-17,19-21,33H,12-15,18H2,1-2H3,(H,35,36)/t20-,21+/m1/s1. The van der Waals surface area contributed by atoms with Gasteiger partial charge in [-0.3, -0.25) is 9.36 Å². The fraction of sp³-hybridized carbons (Fsp3) is 0.300. The molecule has 0 amide bonds. The Hall–Kier alpha value is -3.39. The smallest absolute Gasteiger partial charge is 0.261 e. The molecule has 2 N–H and O–H groups in total. The molecule has 0 spiro atoms. The van der Waals surface area contributed by atoms with Gasteiger partial charge in [-0.1, -0.05) is 59.6 Å². The molecule has 202 valence electrons. The molecule has 0 aliphatic carbocycles. The van der Waals surface area contributed by atoms with Gasteiger partial charge in [0.25, 0.3) is 5.56 Å². The summed E-state index contributed by atoms with van der Waals surface area (Å²) in [6.45, 7) is 7.34. The maximum atomic E-state index is 13.2. The molecule has 2 atom stereocenters. The molecule has 39 heavy (non-hydrogen) atoms. The number of halogens is 2. The molecule has 1 fully saturated rings. The first-order valence-electron chi connectivity index (χ1n) is 13.2. The summed E-state index contributed by atoms with van der Waals surface area (Å²) < 4.78 is 1.62. The van der Waals surface area contributed by atoms with Crippen LogP contribution in [0.2, 0.25) is 10.0 Å². The lowest BCUT2D eigenvalue weighted by Gasteiger charge is -2.35. The molecule has 0 radical (unpaired) electrons. The van der Waals surface area contributed by atoms with Crippen LogP contribution in [0.5, 0.6) is 0 Å². The summed E-state index contributed by atoms with van der Waals surface area (Å²) in [5.74, 6) is 0.812. The van der Waals surface area contributed by atoms with Crippen LogP contribution in [0.25, 0.3) is 10.9 Å². The first kappa shape index (κ1) is 27.2. The number of aliphatic imine (C=N–C) groups is 1. The van der Waals surface area contributed by atoms with Gasteiger partial charge in [0.05, 0.1) is 23.3 Å². The van der Waals surface area contributed by atoms with Gasteiger partial charge in [0, 0.05) is 48.0 Å². The predicted octanol–water partition coefficient (Wildman–Crippen LogP) is 5.77. The van der Waals surface area contributed by atoms with Crippen molar-refractivity contribution in [3.05, 3.63) is 105 Å². The lowest BCUT2D eigenvalue weighted by molar-refractivity contribution is 0.301. The molecule has 2 heterocycles. The Morgan fingerprint density at radius 2 is 1.97 bits per heavy atom. The third-order valence-corrected chi connectivity index (χ3v) is 7.57. The van der Waals surface area contributed by atoms with Crippen LogP contribution in [0.3, 0.4) is 0 Å². The molecule has 5 rings (SSSR count). The first-order valence-corrected chi connectivity index (χ1v) is 13.9. The van der Waals surface area contributed by atoms with Gasteiger partial charge in [-0.15, -0.1) is 0 Å². The van der Waals surface area contributed by atoms with E-state index in [1.807, 2.05) is 42.5 Å². The molecule has 1 aromatic heterocycles. The van der Waals surface area contributed by atoms with Gasteiger partial charge in [-0.05, 0) is 61.7 Å². The van der Waals surface area contributed by atoms with Gasteiger partial charge >= 0.3 is 0 Å². The summed E-state index contributed by atoms with van der Waals surface area (Å²) in [5, 5.41) is 8.77. The number of nitrogens with one attached hydrogen (secondary N) is 2. The third-order valence-electron chi connectivity index (χ3n) is 6.98. The van der Waals surface area contributed by atoms with E-state index in [4.69, 9.17) is 28.2 Å². The summed E-state index contributed by atoms with van der Waals surface area (Å²) >= 11 is 12.3. The molecule has 0 saturated carbocycles. The number of hydrogen-bond donors (Lipinski definition) is 2. The summed E-state index contributed by atoms with van der Waals surface area (Å²) in [6.07, 6.45) is 2.20. The molecule has 3 aromatic carbocycles. The maximum absolute atomic E-state index is 13.2. The van der Waals surface area contributed by atoms with Crippen molar-refractivity contribution in [2.75, 3.05) is 25.0 Å². The lowest BCUT2D eigenvalue weighted by Crippen LogP contribution is -2.53. The van der Waals surface area contributed by atoms with Crippen molar-refractivity contribution >= 4 is 45.8 Å². The molecule has 1 aliphatic rings. The van der Waals surface area contributed by atoms with Gasteiger partial charge in [-0.2, -0.15) is 0 Å². The molecular weight excluding hydrogens is 531 g/mol. The van der Waals surface area contributed by atoms with Crippen LogP contribution in [-0.4, -0.2) is 46.1 Å². The van der Waals surface area contributed by atoms with Gasteiger partial charge < -0.3 is 15.5 Å². The van der Waals surface area contributed by atoms with E-state index in [2.05, 4.69) is 46.5 Å². The predicted molar refractivity (Wildman–Crippen MR) is 161 cm³/mol. The minimum atomic E-state index is -0.0841. The topological polar surface area (TPSA) is 74.5 Å².